The van der Waals surface area contributed by atoms with E-state index in [-0.39, 0.29) is 5.75 Å². The van der Waals surface area contributed by atoms with Crippen LogP contribution >= 0.6 is 0 Å². The second-order valence-corrected chi connectivity index (χ2v) is 8.10. The van der Waals surface area contributed by atoms with Gasteiger partial charge in [-0.3, -0.25) is 8.77 Å². The molecule has 144 valence electrons. The molecule has 1 unspecified atom stereocenters. The molecule has 8 heteroatoms. The lowest BCUT2D eigenvalue weighted by Gasteiger charge is -2.21. The molecule has 3 rings (SSSR count). The first-order valence-corrected chi connectivity index (χ1v) is 10.3. The number of ether oxygens (including phenoxy) is 1. The molecule has 1 amide bonds. The molecule has 0 spiro atoms. The van der Waals surface area contributed by atoms with Gasteiger partial charge in [0.25, 0.3) is 5.91 Å². The summed E-state index contributed by atoms with van der Waals surface area (Å²) in [4.78, 5) is 17.0. The van der Waals surface area contributed by atoms with Crippen molar-refractivity contribution in [1.82, 2.24) is 9.45 Å². The summed E-state index contributed by atoms with van der Waals surface area (Å²) >= 11 is 0. The van der Waals surface area contributed by atoms with Crippen LogP contribution < -0.4 is 5.48 Å². The van der Waals surface area contributed by atoms with Gasteiger partial charge in [0.05, 0.1) is 5.75 Å². The molecule has 1 aliphatic rings. The van der Waals surface area contributed by atoms with E-state index in [0.717, 1.165) is 23.2 Å². The monoisotopic (exact) mass is 390 g/mol. The number of hydroxylamine groups is 1. The Bertz CT molecular complexity index is 884. The van der Waals surface area contributed by atoms with Crippen molar-refractivity contribution in [2.45, 2.75) is 31.3 Å². The Balaban J connectivity index is 1.55. The topological polar surface area (TPSA) is 86.6 Å². The predicted octanol–water partition coefficient (Wildman–Crippen LogP) is 2.45. The second-order valence-electron chi connectivity index (χ2n) is 6.23. The Morgan fingerprint density at radius 3 is 2.81 bits per heavy atom. The number of hydrogen-bond donors (Lipinski definition) is 1. The van der Waals surface area contributed by atoms with Gasteiger partial charge in [0.1, 0.15) is 0 Å². The number of hydrogen-bond acceptors (Lipinski definition) is 5. The Labute approximate surface area is 158 Å². The van der Waals surface area contributed by atoms with Crippen LogP contribution in [-0.2, 0) is 30.1 Å². The molecule has 0 radical (unpaired) electrons. The first-order chi connectivity index (χ1) is 13.0. The standard InChI is InChI=1S/C19H22N2O5S/c22-18(20-26-19-8-4-5-13-25-19)10-9-16-11-12-21(14-16)27(23,24)15-17-6-2-1-3-7-17/h1-3,6-7,9-12,14,19H,4-5,8,13,15H2,(H,20,22). The minimum atomic E-state index is -3.51. The summed E-state index contributed by atoms with van der Waals surface area (Å²) in [6, 6.07) is 10.6. The molecular weight excluding hydrogens is 368 g/mol. The van der Waals surface area contributed by atoms with Crippen molar-refractivity contribution in [3.63, 3.8) is 0 Å². The van der Waals surface area contributed by atoms with Gasteiger partial charge < -0.3 is 4.74 Å². The fourth-order valence-corrected chi connectivity index (χ4v) is 3.95. The highest BCUT2D eigenvalue weighted by atomic mass is 32.2. The predicted molar refractivity (Wildman–Crippen MR) is 101 cm³/mol. The summed E-state index contributed by atoms with van der Waals surface area (Å²) in [6.07, 6.45) is 8.06. The number of aromatic nitrogens is 1. The van der Waals surface area contributed by atoms with Gasteiger partial charge in [-0.15, -0.1) is 0 Å². The zero-order valence-electron chi connectivity index (χ0n) is 14.8. The van der Waals surface area contributed by atoms with Crippen molar-refractivity contribution in [2.24, 2.45) is 0 Å². The molecule has 1 N–H and O–H groups in total. The second kappa shape index (κ2) is 8.98. The van der Waals surface area contributed by atoms with Gasteiger partial charge in [-0.05, 0) is 36.1 Å². The Morgan fingerprint density at radius 1 is 1.26 bits per heavy atom. The number of carbonyl (C=O) groups excluding carboxylic acids is 1. The smallest absolute Gasteiger partial charge is 0.267 e. The van der Waals surface area contributed by atoms with Crippen molar-refractivity contribution < 1.29 is 22.8 Å². The number of benzene rings is 1. The van der Waals surface area contributed by atoms with Crippen molar-refractivity contribution in [1.29, 1.82) is 0 Å². The van der Waals surface area contributed by atoms with Crippen LogP contribution in [0.3, 0.4) is 0 Å². The maximum Gasteiger partial charge on any atom is 0.267 e. The fraction of sp³-hybridized carbons (Fsp3) is 0.316. The largest absolute Gasteiger partial charge is 0.350 e. The lowest BCUT2D eigenvalue weighted by molar-refractivity contribution is -0.198. The normalized spacial score (nSPS) is 17.9. The minimum Gasteiger partial charge on any atom is -0.350 e. The molecule has 1 aromatic heterocycles. The summed E-state index contributed by atoms with van der Waals surface area (Å²) in [5.41, 5.74) is 3.62. The van der Waals surface area contributed by atoms with Crippen molar-refractivity contribution in [3.8, 4) is 0 Å². The van der Waals surface area contributed by atoms with Crippen LogP contribution in [0.2, 0.25) is 0 Å². The molecule has 1 atom stereocenters. The molecule has 0 aliphatic carbocycles. The highest BCUT2D eigenvalue weighted by Crippen LogP contribution is 2.13. The molecule has 7 nitrogen and oxygen atoms in total. The third-order valence-corrected chi connectivity index (χ3v) is 5.63. The highest BCUT2D eigenvalue weighted by molar-refractivity contribution is 7.89. The number of carbonyl (C=O) groups is 1. The molecule has 0 bridgehead atoms. The average Bonchev–Trinajstić information content (AvgIpc) is 3.16. The van der Waals surface area contributed by atoms with Crippen molar-refractivity contribution >= 4 is 22.0 Å². The van der Waals surface area contributed by atoms with E-state index in [1.54, 1.807) is 30.3 Å². The molecule has 1 aromatic carbocycles. The summed E-state index contributed by atoms with van der Waals surface area (Å²) in [6.45, 7) is 0.626. The van der Waals surface area contributed by atoms with Crippen LogP contribution in [0.15, 0.2) is 54.9 Å². The number of nitrogens with zero attached hydrogens (tertiary/aromatic N) is 1. The molecule has 2 heterocycles. The number of amides is 1. The Kier molecular flexibility index (Phi) is 6.44. The quantitative estimate of drug-likeness (QED) is 0.580. The Morgan fingerprint density at radius 2 is 2.07 bits per heavy atom. The van der Waals surface area contributed by atoms with E-state index in [0.29, 0.717) is 17.7 Å². The third-order valence-electron chi connectivity index (χ3n) is 4.06. The molecule has 1 saturated heterocycles. The van der Waals surface area contributed by atoms with Crippen molar-refractivity contribution in [3.05, 3.63) is 66.0 Å². The first kappa shape index (κ1) is 19.3. The average molecular weight is 390 g/mol. The fourth-order valence-electron chi connectivity index (χ4n) is 2.66. The number of rotatable bonds is 7. The van der Waals surface area contributed by atoms with Crippen LogP contribution in [0.5, 0.6) is 0 Å². The van der Waals surface area contributed by atoms with E-state index in [2.05, 4.69) is 5.48 Å². The maximum atomic E-state index is 12.5. The van der Waals surface area contributed by atoms with Gasteiger partial charge in [-0.1, -0.05) is 30.3 Å². The van der Waals surface area contributed by atoms with Gasteiger partial charge >= 0.3 is 0 Å². The van der Waals surface area contributed by atoms with Gasteiger partial charge in [-0.2, -0.15) is 0 Å². The molecular formula is C19H22N2O5S. The van der Waals surface area contributed by atoms with E-state index < -0.39 is 22.2 Å². The van der Waals surface area contributed by atoms with Gasteiger partial charge in [0.15, 0.2) is 6.29 Å². The molecule has 1 aliphatic heterocycles. The SMILES string of the molecule is O=C(C=Cc1ccn(S(=O)(=O)Cc2ccccc2)c1)NOC1CCCCO1. The van der Waals surface area contributed by atoms with Crippen LogP contribution in [0.1, 0.15) is 30.4 Å². The van der Waals surface area contributed by atoms with Crippen molar-refractivity contribution in [2.75, 3.05) is 6.61 Å². The lowest BCUT2D eigenvalue weighted by atomic mass is 10.2. The van der Waals surface area contributed by atoms with Crippen LogP contribution in [-0.4, -0.2) is 31.2 Å². The third kappa shape index (κ3) is 5.78. The summed E-state index contributed by atoms with van der Waals surface area (Å²) < 4.78 is 31.4. The Hall–Kier alpha value is -2.42. The summed E-state index contributed by atoms with van der Waals surface area (Å²) in [5.74, 6) is -0.537. The summed E-state index contributed by atoms with van der Waals surface area (Å²) in [7, 11) is -3.51. The van der Waals surface area contributed by atoms with E-state index in [1.165, 1.54) is 24.5 Å². The minimum absolute atomic E-state index is 0.0958. The van der Waals surface area contributed by atoms with Gasteiger partial charge in [0, 0.05) is 31.5 Å². The van der Waals surface area contributed by atoms with Gasteiger partial charge in [-0.25, -0.2) is 18.7 Å². The zero-order chi connectivity index (χ0) is 19.1. The summed E-state index contributed by atoms with van der Waals surface area (Å²) in [5, 5.41) is 0. The molecule has 2 aromatic rings. The van der Waals surface area contributed by atoms with E-state index in [1.807, 2.05) is 6.07 Å². The molecule has 27 heavy (non-hydrogen) atoms. The van der Waals surface area contributed by atoms with E-state index in [9.17, 15) is 13.2 Å². The zero-order valence-corrected chi connectivity index (χ0v) is 15.6. The van der Waals surface area contributed by atoms with Gasteiger partial charge in [0.2, 0.25) is 10.0 Å². The molecule has 0 saturated carbocycles. The van der Waals surface area contributed by atoms with Crippen LogP contribution in [0.4, 0.5) is 0 Å². The number of nitrogens with one attached hydrogen (secondary N) is 1. The van der Waals surface area contributed by atoms with Crippen LogP contribution in [0, 0.1) is 0 Å². The maximum absolute atomic E-state index is 12.5. The molecule has 1 fully saturated rings. The van der Waals surface area contributed by atoms with Crippen LogP contribution in [0.25, 0.3) is 6.08 Å². The van der Waals surface area contributed by atoms with E-state index in [4.69, 9.17) is 9.57 Å². The highest BCUT2D eigenvalue weighted by Gasteiger charge is 2.15. The van der Waals surface area contributed by atoms with E-state index >= 15 is 0 Å². The lowest BCUT2D eigenvalue weighted by Crippen LogP contribution is -2.32. The first-order valence-electron chi connectivity index (χ1n) is 8.73.